The van der Waals surface area contributed by atoms with Crippen molar-refractivity contribution in [1.29, 1.82) is 0 Å². The molecule has 0 aromatic heterocycles. The molecule has 1 amide bonds. The van der Waals surface area contributed by atoms with E-state index in [4.69, 9.17) is 23.2 Å². The van der Waals surface area contributed by atoms with E-state index in [1.165, 1.54) is 4.90 Å². The maximum absolute atomic E-state index is 12.3. The molecular weight excluding hydrogens is 309 g/mol. The van der Waals surface area contributed by atoms with Gasteiger partial charge in [0.05, 0.1) is 21.3 Å². The minimum atomic E-state index is -0.553. The number of fused-ring (bicyclic) bond motifs is 1. The number of carbonyl (C=O) groups is 2. The van der Waals surface area contributed by atoms with Gasteiger partial charge in [0.15, 0.2) is 0 Å². The second-order valence-electron chi connectivity index (χ2n) is 5.41. The van der Waals surface area contributed by atoms with Crippen molar-refractivity contribution in [2.75, 3.05) is 11.4 Å². The minimum Gasteiger partial charge on any atom is -0.303 e. The van der Waals surface area contributed by atoms with Crippen molar-refractivity contribution >= 4 is 40.6 Å². The van der Waals surface area contributed by atoms with Gasteiger partial charge in [-0.15, -0.1) is 0 Å². The number of carbonyl (C=O) groups excluding carboxylic acids is 2. The first-order valence-corrected chi connectivity index (χ1v) is 8.11. The van der Waals surface area contributed by atoms with Crippen LogP contribution in [-0.4, -0.2) is 18.2 Å². The normalized spacial score (nSPS) is 15.5. The molecule has 3 nitrogen and oxygen atoms in total. The Bertz CT molecular complexity index is 572. The molecule has 114 valence electrons. The summed E-state index contributed by atoms with van der Waals surface area (Å²) >= 11 is 12.3. The van der Waals surface area contributed by atoms with Gasteiger partial charge in [0, 0.05) is 6.54 Å². The topological polar surface area (TPSA) is 37.4 Å². The number of hydrogen-bond donors (Lipinski definition) is 0. The van der Waals surface area contributed by atoms with Gasteiger partial charge >= 0.3 is 0 Å². The third kappa shape index (κ3) is 3.09. The maximum atomic E-state index is 12.3. The number of anilines is 1. The van der Waals surface area contributed by atoms with Crippen LogP contribution in [0.3, 0.4) is 0 Å². The summed E-state index contributed by atoms with van der Waals surface area (Å²) in [4.78, 5) is 25.9. The van der Waals surface area contributed by atoms with Crippen molar-refractivity contribution in [3.8, 4) is 0 Å². The van der Waals surface area contributed by atoms with Gasteiger partial charge in [-0.1, -0.05) is 56.3 Å². The van der Waals surface area contributed by atoms with Gasteiger partial charge in [-0.25, -0.2) is 0 Å². The Labute approximate surface area is 135 Å². The Morgan fingerprint density at radius 2 is 1.81 bits per heavy atom. The lowest BCUT2D eigenvalue weighted by Gasteiger charge is -2.23. The fourth-order valence-electron chi connectivity index (χ4n) is 2.70. The molecule has 1 unspecified atom stereocenters. The summed E-state index contributed by atoms with van der Waals surface area (Å²) in [6.45, 7) is 4.76. The number of ketones is 1. The smallest absolute Gasteiger partial charge is 0.299 e. The number of halogens is 2. The first-order valence-electron chi connectivity index (χ1n) is 7.35. The van der Waals surface area contributed by atoms with E-state index < -0.39 is 11.7 Å². The molecule has 5 heteroatoms. The minimum absolute atomic E-state index is 0.250. The lowest BCUT2D eigenvalue weighted by atomic mass is 9.98. The van der Waals surface area contributed by atoms with E-state index >= 15 is 0 Å². The van der Waals surface area contributed by atoms with E-state index in [-0.39, 0.29) is 10.6 Å². The number of hydrogen-bond acceptors (Lipinski definition) is 2. The molecule has 1 aliphatic heterocycles. The summed E-state index contributed by atoms with van der Waals surface area (Å²) in [6.07, 6.45) is 4.24. The molecule has 0 N–H and O–H groups in total. The average Bonchev–Trinajstić information content (AvgIpc) is 2.73. The number of unbranched alkanes of at least 4 members (excludes halogenated alkanes) is 1. The third-order valence-corrected chi connectivity index (χ3v) is 4.62. The highest BCUT2D eigenvalue weighted by atomic mass is 35.5. The van der Waals surface area contributed by atoms with Crippen LogP contribution in [0.4, 0.5) is 5.69 Å². The van der Waals surface area contributed by atoms with Crippen molar-refractivity contribution in [1.82, 2.24) is 0 Å². The molecule has 0 fully saturated rings. The monoisotopic (exact) mass is 327 g/mol. The van der Waals surface area contributed by atoms with Crippen molar-refractivity contribution in [2.45, 2.75) is 39.5 Å². The fourth-order valence-corrected chi connectivity index (χ4v) is 3.20. The molecule has 0 spiro atoms. The second-order valence-corrected chi connectivity index (χ2v) is 6.23. The standard InChI is InChI=1S/C16H19Cl2NO2/c1-3-5-6-10(4-2)9-19-14-12(18)8-7-11(17)13(14)15(20)16(19)21/h7-8,10H,3-6,9H2,1-2H3. The average molecular weight is 328 g/mol. The van der Waals surface area contributed by atoms with Gasteiger partial charge in [0.2, 0.25) is 0 Å². The summed E-state index contributed by atoms with van der Waals surface area (Å²) < 4.78 is 0. The molecule has 0 bridgehead atoms. The number of rotatable bonds is 6. The molecule has 1 heterocycles. The van der Waals surface area contributed by atoms with Gasteiger partial charge in [0.1, 0.15) is 0 Å². The zero-order valence-electron chi connectivity index (χ0n) is 12.3. The van der Waals surface area contributed by atoms with Crippen molar-refractivity contribution < 1.29 is 9.59 Å². The predicted molar refractivity (Wildman–Crippen MR) is 86.5 cm³/mol. The zero-order valence-corrected chi connectivity index (χ0v) is 13.8. The van der Waals surface area contributed by atoms with Crippen LogP contribution in [0.5, 0.6) is 0 Å². The number of Topliss-reactive ketones (excluding diaryl/α,β-unsaturated/α-hetero) is 1. The van der Waals surface area contributed by atoms with Gasteiger partial charge < -0.3 is 4.90 Å². The van der Waals surface area contributed by atoms with Gasteiger partial charge in [-0.3, -0.25) is 9.59 Å². The van der Waals surface area contributed by atoms with Crippen molar-refractivity contribution in [2.24, 2.45) is 5.92 Å². The second kappa shape index (κ2) is 6.80. The maximum Gasteiger partial charge on any atom is 0.299 e. The molecule has 0 saturated heterocycles. The lowest BCUT2D eigenvalue weighted by Crippen LogP contribution is -2.34. The van der Waals surface area contributed by atoms with E-state index in [9.17, 15) is 9.59 Å². The van der Waals surface area contributed by atoms with E-state index in [1.54, 1.807) is 12.1 Å². The van der Waals surface area contributed by atoms with Crippen LogP contribution in [0.15, 0.2) is 12.1 Å². The van der Waals surface area contributed by atoms with Crippen molar-refractivity contribution in [3.63, 3.8) is 0 Å². The van der Waals surface area contributed by atoms with Crippen molar-refractivity contribution in [3.05, 3.63) is 27.7 Å². The van der Waals surface area contributed by atoms with E-state index in [0.29, 0.717) is 23.2 Å². The van der Waals surface area contributed by atoms with Crippen LogP contribution in [0, 0.1) is 5.92 Å². The number of nitrogens with zero attached hydrogens (tertiary/aromatic N) is 1. The largest absolute Gasteiger partial charge is 0.303 e. The highest BCUT2D eigenvalue weighted by molar-refractivity contribution is 6.56. The van der Waals surface area contributed by atoms with Gasteiger partial charge in [0.25, 0.3) is 11.7 Å². The molecule has 1 aromatic carbocycles. The molecule has 21 heavy (non-hydrogen) atoms. The molecule has 2 rings (SSSR count). The molecular formula is C16H19Cl2NO2. The van der Waals surface area contributed by atoms with Crippen LogP contribution in [0.25, 0.3) is 0 Å². The molecule has 1 atom stereocenters. The van der Waals surface area contributed by atoms with E-state index in [2.05, 4.69) is 13.8 Å². The molecule has 1 aromatic rings. The Morgan fingerprint density at radius 3 is 2.43 bits per heavy atom. The van der Waals surface area contributed by atoms with E-state index in [1.807, 2.05) is 0 Å². The Morgan fingerprint density at radius 1 is 1.14 bits per heavy atom. The quantitative estimate of drug-likeness (QED) is 0.707. The zero-order chi connectivity index (χ0) is 15.6. The number of amides is 1. The van der Waals surface area contributed by atoms with Crippen LogP contribution in [0.2, 0.25) is 10.0 Å². The van der Waals surface area contributed by atoms with E-state index in [0.717, 1.165) is 25.7 Å². The lowest BCUT2D eigenvalue weighted by molar-refractivity contribution is -0.114. The molecule has 0 radical (unpaired) electrons. The Kier molecular flexibility index (Phi) is 5.28. The fraction of sp³-hybridized carbons (Fsp3) is 0.500. The van der Waals surface area contributed by atoms with Crippen LogP contribution >= 0.6 is 23.2 Å². The number of benzene rings is 1. The summed E-state index contributed by atoms with van der Waals surface area (Å²) in [6, 6.07) is 3.19. The molecule has 1 aliphatic rings. The Hall–Kier alpha value is -1.06. The first-order chi connectivity index (χ1) is 10.0. The highest BCUT2D eigenvalue weighted by Crippen LogP contribution is 2.40. The van der Waals surface area contributed by atoms with Crippen LogP contribution in [0.1, 0.15) is 49.9 Å². The van der Waals surface area contributed by atoms with Gasteiger partial charge in [-0.05, 0) is 24.5 Å². The molecule has 0 aliphatic carbocycles. The highest BCUT2D eigenvalue weighted by Gasteiger charge is 2.39. The Balaban J connectivity index is 2.32. The molecule has 0 saturated carbocycles. The summed E-state index contributed by atoms with van der Waals surface area (Å²) in [7, 11) is 0. The van der Waals surface area contributed by atoms with Crippen LogP contribution < -0.4 is 4.90 Å². The van der Waals surface area contributed by atoms with Gasteiger partial charge in [-0.2, -0.15) is 0 Å². The summed E-state index contributed by atoms with van der Waals surface area (Å²) in [5, 5.41) is 0.691. The third-order valence-electron chi connectivity index (χ3n) is 4.00. The first kappa shape index (κ1) is 16.3. The summed E-state index contributed by atoms with van der Waals surface area (Å²) in [5.41, 5.74) is 0.730. The summed E-state index contributed by atoms with van der Waals surface area (Å²) in [5.74, 6) is -0.708. The predicted octanol–water partition coefficient (Wildman–Crippen LogP) is 4.74. The SMILES string of the molecule is CCCCC(CC)CN1C(=O)C(=O)c2c(Cl)ccc(Cl)c21. The van der Waals surface area contributed by atoms with Crippen LogP contribution in [-0.2, 0) is 4.79 Å².